The normalized spacial score (nSPS) is 24.5. The zero-order chi connectivity index (χ0) is 42.7. The summed E-state index contributed by atoms with van der Waals surface area (Å²) in [5, 5.41) is 68.2. The first-order valence-corrected chi connectivity index (χ1v) is 22.5. The first kappa shape index (κ1) is 47.0. The molecule has 59 heavy (non-hydrogen) atoms. The number of unbranched alkanes of at least 4 members (excludes halogenated alkanes) is 14. The van der Waals surface area contributed by atoms with Crippen molar-refractivity contribution in [1.29, 1.82) is 0 Å². The number of nitrogens with zero attached hydrogens (tertiary/aromatic N) is 1. The molecule has 2 aromatic carbocycles. The van der Waals surface area contributed by atoms with Gasteiger partial charge in [0.15, 0.2) is 12.1 Å². The molecule has 0 radical (unpaired) electrons. The van der Waals surface area contributed by atoms with Gasteiger partial charge in [-0.25, -0.2) is 0 Å². The summed E-state index contributed by atoms with van der Waals surface area (Å²) in [6, 6.07) is 4.20. The van der Waals surface area contributed by atoms with Crippen molar-refractivity contribution in [2.75, 3.05) is 26.8 Å². The second kappa shape index (κ2) is 22.1. The average Bonchev–Trinajstić information content (AvgIpc) is 3.22. The molecule has 330 valence electrons. The highest BCUT2D eigenvalue weighted by molar-refractivity contribution is 6.31. The van der Waals surface area contributed by atoms with Crippen LogP contribution in [0.5, 0.6) is 17.2 Å². The number of hydrogen-bond acceptors (Lipinski definition) is 12. The molecule has 0 bridgehead atoms. The van der Waals surface area contributed by atoms with Gasteiger partial charge >= 0.3 is 0 Å². The number of ether oxygens (including phenoxy) is 3. The largest absolute Gasteiger partial charge is 0.507 e. The molecule has 3 aliphatic rings. The molecule has 0 unspecified atom stereocenters. The van der Waals surface area contributed by atoms with Crippen molar-refractivity contribution in [2.45, 2.75) is 185 Å². The Hall–Kier alpha value is -3.10. The number of carbonyl (C=O) groups is 2. The monoisotopic (exact) mass is 826 g/mol. The van der Waals surface area contributed by atoms with Crippen molar-refractivity contribution in [2.24, 2.45) is 0 Å². The SMILES string of the molecule is CCCCCCCCCCN(CCCCCCCCCC)[C@@H]1C[C@@H](O[C@@H]2C[C@](O)([C@H](O)CO)Cc3c(O)c4c(c(O)c32)C(=O)c2c(OC)cccc2C4=O)O[C@H](C)[C@@H]1O. The van der Waals surface area contributed by atoms with Crippen LogP contribution in [-0.4, -0.2) is 110 Å². The number of aromatic hydroxyl groups is 2. The first-order valence-electron chi connectivity index (χ1n) is 22.5. The van der Waals surface area contributed by atoms with Gasteiger partial charge < -0.3 is 44.8 Å². The Labute approximate surface area is 350 Å². The third kappa shape index (κ3) is 10.9. The summed E-state index contributed by atoms with van der Waals surface area (Å²) in [5.74, 6) is -2.51. The lowest BCUT2D eigenvalue weighted by atomic mass is 9.71. The van der Waals surface area contributed by atoms with Crippen molar-refractivity contribution in [3.8, 4) is 17.2 Å². The molecule has 1 heterocycles. The van der Waals surface area contributed by atoms with Gasteiger partial charge in [0, 0.05) is 42.0 Å². The minimum Gasteiger partial charge on any atom is -0.507 e. The van der Waals surface area contributed by atoms with Gasteiger partial charge in [-0.05, 0) is 38.9 Å². The standard InChI is InChI=1S/C47H71NO11/c1-5-7-9-11-13-15-17-19-24-48(25-20-18-16-14-12-10-8-6-2)33-26-37(58-30(3)42(33)51)59-35-28-47(56,36(50)29-49)27-32-39(35)46(55)41-40(44(32)53)43(52)31-22-21-23-34(57-4)38(31)45(41)54/h21-23,30,33,35-37,42,49-51,53,55-56H,5-20,24-29H2,1-4H3/t30-,33-,35-,36-,37-,42+,47+/m1/s1. The summed E-state index contributed by atoms with van der Waals surface area (Å²) >= 11 is 0. The van der Waals surface area contributed by atoms with E-state index in [1.165, 1.54) is 96.3 Å². The van der Waals surface area contributed by atoms with Crippen LogP contribution in [0.15, 0.2) is 18.2 Å². The smallest absolute Gasteiger partial charge is 0.202 e. The van der Waals surface area contributed by atoms with Crippen molar-refractivity contribution in [3.63, 3.8) is 0 Å². The molecule has 0 saturated carbocycles. The maximum atomic E-state index is 14.1. The number of phenols is 2. The zero-order valence-electron chi connectivity index (χ0n) is 35.9. The Morgan fingerprint density at radius 3 is 1.95 bits per heavy atom. The fourth-order valence-corrected chi connectivity index (χ4v) is 9.49. The fraction of sp³-hybridized carbons (Fsp3) is 0.702. The molecule has 2 aliphatic carbocycles. The zero-order valence-corrected chi connectivity index (χ0v) is 35.9. The van der Waals surface area contributed by atoms with Gasteiger partial charge in [0.25, 0.3) is 0 Å². The molecule has 6 N–H and O–H groups in total. The number of fused-ring (bicyclic) bond motifs is 3. The topological polar surface area (TPSA) is 186 Å². The van der Waals surface area contributed by atoms with Crippen LogP contribution < -0.4 is 4.74 Å². The minimum atomic E-state index is -2.05. The molecule has 12 heteroatoms. The van der Waals surface area contributed by atoms with E-state index in [1.54, 1.807) is 13.0 Å². The van der Waals surface area contributed by atoms with Gasteiger partial charge in [-0.3, -0.25) is 14.5 Å². The summed E-state index contributed by atoms with van der Waals surface area (Å²) in [4.78, 5) is 30.4. The van der Waals surface area contributed by atoms with E-state index >= 15 is 0 Å². The molecule has 1 aliphatic heterocycles. The predicted molar refractivity (Wildman–Crippen MR) is 225 cm³/mol. The van der Waals surface area contributed by atoms with E-state index < -0.39 is 83.5 Å². The van der Waals surface area contributed by atoms with Gasteiger partial charge in [-0.1, -0.05) is 116 Å². The number of aliphatic hydroxyl groups is 4. The minimum absolute atomic E-state index is 0.00998. The number of methoxy groups -OCH3 is 1. The Morgan fingerprint density at radius 1 is 0.831 bits per heavy atom. The molecule has 12 nitrogen and oxygen atoms in total. The summed E-state index contributed by atoms with van der Waals surface area (Å²) in [7, 11) is 1.37. The van der Waals surface area contributed by atoms with E-state index in [2.05, 4.69) is 18.7 Å². The lowest BCUT2D eigenvalue weighted by molar-refractivity contribution is -0.262. The number of hydrogen-bond donors (Lipinski definition) is 6. The molecule has 0 amide bonds. The maximum absolute atomic E-state index is 14.1. The predicted octanol–water partition coefficient (Wildman–Crippen LogP) is 7.42. The summed E-state index contributed by atoms with van der Waals surface area (Å²) < 4.78 is 18.3. The second-order valence-electron chi connectivity index (χ2n) is 17.2. The Morgan fingerprint density at radius 2 is 1.39 bits per heavy atom. The van der Waals surface area contributed by atoms with Crippen LogP contribution in [0.3, 0.4) is 0 Å². The van der Waals surface area contributed by atoms with Gasteiger partial charge in [0.1, 0.15) is 23.4 Å². The molecule has 1 fully saturated rings. The van der Waals surface area contributed by atoms with Crippen LogP contribution in [0, 0.1) is 0 Å². The highest BCUT2D eigenvalue weighted by Gasteiger charge is 2.50. The van der Waals surface area contributed by atoms with Gasteiger partial charge in [0.05, 0.1) is 54.3 Å². The number of ketones is 2. The van der Waals surface area contributed by atoms with Crippen LogP contribution in [0.25, 0.3) is 0 Å². The number of benzene rings is 2. The van der Waals surface area contributed by atoms with Gasteiger partial charge in [0.2, 0.25) is 5.78 Å². The van der Waals surface area contributed by atoms with Crippen molar-refractivity contribution in [3.05, 3.63) is 51.6 Å². The van der Waals surface area contributed by atoms with Gasteiger partial charge in [-0.15, -0.1) is 0 Å². The molecule has 5 rings (SSSR count). The van der Waals surface area contributed by atoms with Crippen LogP contribution in [-0.2, 0) is 15.9 Å². The van der Waals surface area contributed by atoms with Crippen molar-refractivity contribution in [1.82, 2.24) is 4.90 Å². The molecular weight excluding hydrogens is 755 g/mol. The molecule has 0 aromatic heterocycles. The van der Waals surface area contributed by atoms with Crippen LogP contribution >= 0.6 is 0 Å². The Bertz CT molecular complexity index is 1680. The molecule has 7 atom stereocenters. The van der Waals surface area contributed by atoms with Crippen molar-refractivity contribution >= 4 is 11.6 Å². The number of phenolic OH excluding ortho intramolecular Hbond substituents is 2. The highest BCUT2D eigenvalue weighted by atomic mass is 16.7. The fourth-order valence-electron chi connectivity index (χ4n) is 9.49. The van der Waals surface area contributed by atoms with Gasteiger partial charge in [-0.2, -0.15) is 0 Å². The summed E-state index contributed by atoms with van der Waals surface area (Å²) in [6.45, 7) is 7.04. The lowest BCUT2D eigenvalue weighted by Crippen LogP contribution is -2.56. The first-order chi connectivity index (χ1) is 28.4. The molecule has 1 saturated heterocycles. The quantitative estimate of drug-likeness (QED) is 0.0389. The highest BCUT2D eigenvalue weighted by Crippen LogP contribution is 2.53. The number of rotatable bonds is 24. The second-order valence-corrected chi connectivity index (χ2v) is 17.2. The Balaban J connectivity index is 1.41. The van der Waals surface area contributed by atoms with E-state index in [-0.39, 0.29) is 46.9 Å². The average molecular weight is 826 g/mol. The lowest BCUT2D eigenvalue weighted by Gasteiger charge is -2.46. The van der Waals surface area contributed by atoms with E-state index in [0.29, 0.717) is 0 Å². The van der Waals surface area contributed by atoms with E-state index in [1.807, 2.05) is 0 Å². The Kier molecular flexibility index (Phi) is 17.6. The molecule has 2 aromatic rings. The number of carbonyl (C=O) groups excluding carboxylic acids is 2. The van der Waals surface area contributed by atoms with Crippen molar-refractivity contribution < 1.29 is 54.4 Å². The third-order valence-electron chi connectivity index (χ3n) is 13.0. The van der Waals surface area contributed by atoms with E-state index in [9.17, 15) is 40.2 Å². The van der Waals surface area contributed by atoms with Crippen LogP contribution in [0.4, 0.5) is 0 Å². The maximum Gasteiger partial charge on any atom is 0.202 e. The van der Waals surface area contributed by atoms with E-state index in [0.717, 1.165) is 38.8 Å². The van der Waals surface area contributed by atoms with Crippen LogP contribution in [0.2, 0.25) is 0 Å². The summed E-state index contributed by atoms with van der Waals surface area (Å²) in [6.07, 6.45) is 13.1. The van der Waals surface area contributed by atoms with E-state index in [4.69, 9.17) is 14.2 Å². The molecule has 0 spiro atoms. The summed E-state index contributed by atoms with van der Waals surface area (Å²) in [5.41, 5.74) is -3.02. The molecular formula is C47H71NO11. The van der Waals surface area contributed by atoms with Crippen LogP contribution in [0.1, 0.15) is 185 Å². The third-order valence-corrected chi connectivity index (χ3v) is 13.0. The number of aliphatic hydroxyl groups excluding tert-OH is 3.